The second kappa shape index (κ2) is 6.24. The first-order chi connectivity index (χ1) is 10.4. The Balaban J connectivity index is 1.70. The van der Waals surface area contributed by atoms with E-state index < -0.39 is 68.0 Å². The van der Waals surface area contributed by atoms with E-state index in [1.54, 1.807) is 0 Å². The highest BCUT2D eigenvalue weighted by molar-refractivity contribution is 4.97. The maximum absolute atomic E-state index is 9.93. The first kappa shape index (κ1) is 16.5. The second-order valence-electron chi connectivity index (χ2n) is 5.65. The normalized spacial score (nSPS) is 55.4. The lowest BCUT2D eigenvalue weighted by molar-refractivity contribution is -0.336. The van der Waals surface area contributed by atoms with Gasteiger partial charge >= 0.3 is 0 Å². The minimum Gasteiger partial charge on any atom is -0.394 e. The van der Waals surface area contributed by atoms with E-state index in [-0.39, 0.29) is 6.61 Å². The largest absolute Gasteiger partial charge is 0.394 e. The third kappa shape index (κ3) is 2.65. The quantitative estimate of drug-likeness (QED) is 0.299. The Morgan fingerprint density at radius 1 is 0.909 bits per heavy atom. The highest BCUT2D eigenvalue weighted by Crippen LogP contribution is 2.33. The first-order valence-corrected chi connectivity index (χ1v) is 7.03. The molecule has 0 aromatic heterocycles. The topological polar surface area (TPSA) is 158 Å². The molecule has 128 valence electrons. The summed E-state index contributed by atoms with van der Waals surface area (Å²) in [5, 5.41) is 57.8. The molecule has 0 spiro atoms. The van der Waals surface area contributed by atoms with E-state index in [4.69, 9.17) is 24.1 Å². The lowest BCUT2D eigenvalue weighted by atomic mass is 9.98. The summed E-state index contributed by atoms with van der Waals surface area (Å²) >= 11 is 0. The van der Waals surface area contributed by atoms with Gasteiger partial charge < -0.3 is 49.6 Å². The number of aliphatic hydroxyl groups excluding tert-OH is 6. The Morgan fingerprint density at radius 3 is 2.32 bits per heavy atom. The highest BCUT2D eigenvalue weighted by atomic mass is 16.7. The van der Waals surface area contributed by atoms with Crippen molar-refractivity contribution in [2.75, 3.05) is 13.2 Å². The summed E-state index contributed by atoms with van der Waals surface area (Å²) in [4.78, 5) is 0. The zero-order chi connectivity index (χ0) is 16.0. The Bertz CT molecular complexity index is 392. The molecule has 3 aliphatic heterocycles. The summed E-state index contributed by atoms with van der Waals surface area (Å²) in [7, 11) is 0. The molecule has 0 aromatic rings. The second-order valence-corrected chi connectivity index (χ2v) is 5.65. The van der Waals surface area contributed by atoms with Crippen molar-refractivity contribution in [1.29, 1.82) is 0 Å². The zero-order valence-electron chi connectivity index (χ0n) is 11.5. The molecule has 10 heteroatoms. The Labute approximate surface area is 125 Å². The molecular formula is C12H20O10. The fraction of sp³-hybridized carbons (Fsp3) is 1.00. The van der Waals surface area contributed by atoms with Gasteiger partial charge in [-0.25, -0.2) is 0 Å². The monoisotopic (exact) mass is 324 g/mol. The van der Waals surface area contributed by atoms with Gasteiger partial charge in [-0.3, -0.25) is 0 Å². The number of aliphatic hydroxyl groups is 6. The summed E-state index contributed by atoms with van der Waals surface area (Å²) in [5.41, 5.74) is 0. The van der Waals surface area contributed by atoms with Crippen molar-refractivity contribution < 1.29 is 49.6 Å². The van der Waals surface area contributed by atoms with Crippen LogP contribution < -0.4 is 0 Å². The van der Waals surface area contributed by atoms with Crippen LogP contribution in [0.4, 0.5) is 0 Å². The SMILES string of the molecule is OC[C@H]1O[C@@H](O[C@@H]2[C@@H]3OC[C@H]2OC(O)[C@@H]3O)[C@H](O)[C@@H](O)[C@H]1O. The minimum absolute atomic E-state index is 0.0842. The van der Waals surface area contributed by atoms with Crippen LogP contribution in [0.2, 0.25) is 0 Å². The van der Waals surface area contributed by atoms with Crippen molar-refractivity contribution in [1.82, 2.24) is 0 Å². The smallest absolute Gasteiger partial charge is 0.187 e. The zero-order valence-corrected chi connectivity index (χ0v) is 11.5. The molecule has 3 saturated heterocycles. The van der Waals surface area contributed by atoms with E-state index in [2.05, 4.69) is 0 Å². The van der Waals surface area contributed by atoms with E-state index >= 15 is 0 Å². The number of rotatable bonds is 3. The van der Waals surface area contributed by atoms with Crippen molar-refractivity contribution in [2.45, 2.75) is 61.4 Å². The van der Waals surface area contributed by atoms with E-state index in [9.17, 15) is 25.5 Å². The van der Waals surface area contributed by atoms with Gasteiger partial charge in [0.2, 0.25) is 0 Å². The Hall–Kier alpha value is -0.400. The fourth-order valence-corrected chi connectivity index (χ4v) is 2.94. The van der Waals surface area contributed by atoms with Crippen molar-refractivity contribution in [3.8, 4) is 0 Å². The maximum atomic E-state index is 9.93. The van der Waals surface area contributed by atoms with Crippen LogP contribution in [0.5, 0.6) is 0 Å². The third-order valence-electron chi connectivity index (χ3n) is 4.23. The molecule has 1 unspecified atom stereocenters. The molecule has 0 amide bonds. The minimum atomic E-state index is -1.56. The average molecular weight is 324 g/mol. The standard InChI is InChI=1S/C12H20O10/c13-1-3-5(14)6(15)7(16)12(21-3)22-9-4-2-19-10(9)8(17)11(18)20-4/h3-18H,1-2H2/t3-,4-,5+,6+,7-,8-,9+,10-,11?,12+/m1/s1. The molecule has 0 saturated carbocycles. The van der Waals surface area contributed by atoms with E-state index in [1.165, 1.54) is 0 Å². The van der Waals surface area contributed by atoms with Gasteiger partial charge in [0.05, 0.1) is 13.2 Å². The number of hydrogen-bond acceptors (Lipinski definition) is 10. The summed E-state index contributed by atoms with van der Waals surface area (Å²) in [6, 6.07) is 0. The van der Waals surface area contributed by atoms with Gasteiger partial charge in [0.1, 0.15) is 48.8 Å². The molecular weight excluding hydrogens is 304 g/mol. The summed E-state index contributed by atoms with van der Waals surface area (Å²) in [6.45, 7) is -0.489. The molecule has 0 aliphatic carbocycles. The summed E-state index contributed by atoms with van der Waals surface area (Å²) in [6.07, 6.45) is -12.1. The van der Waals surface area contributed by atoms with Crippen LogP contribution in [0.15, 0.2) is 0 Å². The molecule has 22 heavy (non-hydrogen) atoms. The molecule has 10 nitrogen and oxygen atoms in total. The molecule has 3 heterocycles. The van der Waals surface area contributed by atoms with Gasteiger partial charge in [0.15, 0.2) is 12.6 Å². The van der Waals surface area contributed by atoms with Crippen molar-refractivity contribution >= 4 is 0 Å². The van der Waals surface area contributed by atoms with Crippen LogP contribution in [0.3, 0.4) is 0 Å². The van der Waals surface area contributed by atoms with Crippen LogP contribution in [0.25, 0.3) is 0 Å². The van der Waals surface area contributed by atoms with Crippen LogP contribution in [-0.4, -0.2) is 105 Å². The average Bonchev–Trinajstić information content (AvgIpc) is 2.82. The van der Waals surface area contributed by atoms with E-state index in [1.807, 2.05) is 0 Å². The van der Waals surface area contributed by atoms with Crippen molar-refractivity contribution in [2.24, 2.45) is 0 Å². The maximum Gasteiger partial charge on any atom is 0.187 e. The van der Waals surface area contributed by atoms with Gasteiger partial charge in [-0.2, -0.15) is 0 Å². The van der Waals surface area contributed by atoms with Crippen LogP contribution >= 0.6 is 0 Å². The summed E-state index contributed by atoms with van der Waals surface area (Å²) < 4.78 is 21.2. The predicted molar refractivity (Wildman–Crippen MR) is 65.3 cm³/mol. The van der Waals surface area contributed by atoms with Crippen LogP contribution in [0, 0.1) is 0 Å². The molecule has 2 bridgehead atoms. The van der Waals surface area contributed by atoms with E-state index in [0.717, 1.165) is 0 Å². The molecule has 0 radical (unpaired) electrons. The van der Waals surface area contributed by atoms with Gasteiger partial charge in [-0.05, 0) is 0 Å². The Kier molecular flexibility index (Phi) is 4.67. The molecule has 3 fully saturated rings. The van der Waals surface area contributed by atoms with Crippen molar-refractivity contribution in [3.05, 3.63) is 0 Å². The Morgan fingerprint density at radius 2 is 1.64 bits per heavy atom. The van der Waals surface area contributed by atoms with Gasteiger partial charge in [0.25, 0.3) is 0 Å². The molecule has 0 aromatic carbocycles. The third-order valence-corrected chi connectivity index (χ3v) is 4.23. The number of hydrogen-bond donors (Lipinski definition) is 6. The van der Waals surface area contributed by atoms with Gasteiger partial charge in [0, 0.05) is 0 Å². The first-order valence-electron chi connectivity index (χ1n) is 7.03. The van der Waals surface area contributed by atoms with Gasteiger partial charge in [-0.15, -0.1) is 0 Å². The van der Waals surface area contributed by atoms with Crippen molar-refractivity contribution in [3.63, 3.8) is 0 Å². The fourth-order valence-electron chi connectivity index (χ4n) is 2.94. The molecule has 10 atom stereocenters. The number of fused-ring (bicyclic) bond motifs is 2. The number of ether oxygens (including phenoxy) is 4. The van der Waals surface area contributed by atoms with Crippen LogP contribution in [-0.2, 0) is 18.9 Å². The lowest BCUT2D eigenvalue weighted by Gasteiger charge is -2.43. The molecule has 6 N–H and O–H groups in total. The molecule has 3 rings (SSSR count). The highest BCUT2D eigenvalue weighted by Gasteiger charge is 2.54. The predicted octanol–water partition coefficient (Wildman–Crippen LogP) is -4.35. The van der Waals surface area contributed by atoms with Crippen LogP contribution in [0.1, 0.15) is 0 Å². The summed E-state index contributed by atoms with van der Waals surface area (Å²) in [5.74, 6) is 0. The van der Waals surface area contributed by atoms with Gasteiger partial charge in [-0.1, -0.05) is 0 Å². The lowest BCUT2D eigenvalue weighted by Crippen LogP contribution is -2.62. The molecule has 3 aliphatic rings. The van der Waals surface area contributed by atoms with E-state index in [0.29, 0.717) is 0 Å².